The van der Waals surface area contributed by atoms with Crippen molar-refractivity contribution in [1.82, 2.24) is 9.29 Å². The summed E-state index contributed by atoms with van der Waals surface area (Å²) in [6.07, 6.45) is 4.49. The molecule has 2 aliphatic heterocycles. The molecule has 26 heavy (non-hydrogen) atoms. The molecule has 2 aromatic rings. The Kier molecular flexibility index (Phi) is 4.16. The van der Waals surface area contributed by atoms with E-state index in [0.29, 0.717) is 37.4 Å². The monoisotopic (exact) mass is 374 g/mol. The minimum atomic E-state index is -3.63. The zero-order valence-corrected chi connectivity index (χ0v) is 15.7. The number of fused-ring (bicyclic) bond motifs is 1. The molecule has 3 heterocycles. The number of pyridine rings is 1. The Morgan fingerprint density at radius 1 is 1.27 bits per heavy atom. The number of rotatable bonds is 4. The van der Waals surface area contributed by atoms with E-state index >= 15 is 0 Å². The first-order valence-corrected chi connectivity index (χ1v) is 10.2. The summed E-state index contributed by atoms with van der Waals surface area (Å²) in [7, 11) is -3.63. The maximum Gasteiger partial charge on any atom is 0.246 e. The molecule has 0 radical (unpaired) electrons. The largest absolute Gasteiger partial charge is 0.487 e. The van der Waals surface area contributed by atoms with Gasteiger partial charge < -0.3 is 9.47 Å². The minimum Gasteiger partial charge on any atom is -0.487 e. The topological polar surface area (TPSA) is 68.7 Å². The highest BCUT2D eigenvalue weighted by Gasteiger charge is 2.39. The predicted molar refractivity (Wildman–Crippen MR) is 96.9 cm³/mol. The van der Waals surface area contributed by atoms with E-state index in [1.165, 1.54) is 4.31 Å². The molecule has 0 bridgehead atoms. The van der Waals surface area contributed by atoms with Crippen LogP contribution in [0.15, 0.2) is 47.6 Å². The third kappa shape index (κ3) is 3.17. The van der Waals surface area contributed by atoms with Gasteiger partial charge >= 0.3 is 0 Å². The average Bonchev–Trinajstić information content (AvgIpc) is 3.18. The van der Waals surface area contributed by atoms with E-state index in [0.717, 1.165) is 5.56 Å². The number of para-hydroxylation sites is 1. The van der Waals surface area contributed by atoms with Crippen LogP contribution in [0.4, 0.5) is 0 Å². The molecule has 138 valence electrons. The first-order chi connectivity index (χ1) is 12.4. The summed E-state index contributed by atoms with van der Waals surface area (Å²) in [5.41, 5.74) is 0.559. The van der Waals surface area contributed by atoms with E-state index in [1.54, 1.807) is 30.6 Å². The molecule has 0 saturated carbocycles. The minimum absolute atomic E-state index is 0.178. The first-order valence-electron chi connectivity index (χ1n) is 8.73. The number of benzene rings is 1. The van der Waals surface area contributed by atoms with Crippen LogP contribution in [0.3, 0.4) is 0 Å². The molecule has 0 N–H and O–H groups in total. The van der Waals surface area contributed by atoms with Gasteiger partial charge in [0.1, 0.15) is 28.1 Å². The highest BCUT2D eigenvalue weighted by molar-refractivity contribution is 7.89. The van der Waals surface area contributed by atoms with Crippen molar-refractivity contribution in [2.45, 2.75) is 43.3 Å². The zero-order chi connectivity index (χ0) is 18.4. The Morgan fingerprint density at radius 3 is 2.88 bits per heavy atom. The molecule has 4 rings (SSSR count). The summed E-state index contributed by atoms with van der Waals surface area (Å²) in [6.45, 7) is 4.69. The molecule has 0 aliphatic carbocycles. The summed E-state index contributed by atoms with van der Waals surface area (Å²) < 4.78 is 39.7. The molecular formula is C19H22N2O4S. The Bertz CT molecular complexity index is 912. The van der Waals surface area contributed by atoms with Crippen LogP contribution in [-0.2, 0) is 16.4 Å². The van der Waals surface area contributed by atoms with E-state index < -0.39 is 10.0 Å². The van der Waals surface area contributed by atoms with Gasteiger partial charge in [0.15, 0.2) is 0 Å². The van der Waals surface area contributed by atoms with Crippen LogP contribution in [0.2, 0.25) is 0 Å². The van der Waals surface area contributed by atoms with E-state index in [2.05, 4.69) is 4.98 Å². The average molecular weight is 374 g/mol. The van der Waals surface area contributed by atoms with Crippen molar-refractivity contribution in [3.05, 3.63) is 48.3 Å². The summed E-state index contributed by atoms with van der Waals surface area (Å²) in [5, 5.41) is 0. The second-order valence-corrected chi connectivity index (χ2v) is 9.27. The van der Waals surface area contributed by atoms with E-state index in [4.69, 9.17) is 9.47 Å². The maximum absolute atomic E-state index is 13.2. The third-order valence-electron chi connectivity index (χ3n) is 4.72. The Morgan fingerprint density at radius 2 is 2.12 bits per heavy atom. The van der Waals surface area contributed by atoms with E-state index in [9.17, 15) is 8.42 Å². The molecule has 2 aliphatic rings. The number of ether oxygens (including phenoxy) is 2. The van der Waals surface area contributed by atoms with Gasteiger partial charge in [-0.25, -0.2) is 8.42 Å². The van der Waals surface area contributed by atoms with Gasteiger partial charge in [-0.3, -0.25) is 4.98 Å². The molecule has 6 nitrogen and oxygen atoms in total. The Balaban J connectivity index is 1.55. The summed E-state index contributed by atoms with van der Waals surface area (Å²) in [6, 6.07) is 8.97. The van der Waals surface area contributed by atoms with Gasteiger partial charge in [-0.05, 0) is 44.0 Å². The number of sulfonamides is 1. The maximum atomic E-state index is 13.2. The number of hydrogen-bond donors (Lipinski definition) is 0. The fourth-order valence-corrected chi connectivity index (χ4v) is 5.20. The highest BCUT2D eigenvalue weighted by Crippen LogP contribution is 2.41. The zero-order valence-electron chi connectivity index (χ0n) is 14.9. The Labute approximate surface area is 153 Å². The lowest BCUT2D eigenvalue weighted by Gasteiger charge is -2.21. The molecule has 7 heteroatoms. The standard InChI is InChI=1S/C19H22N2O4S/c1-19(2)11-14-5-3-7-17(18(14)25-19)26(22,23)21-10-8-16(13-21)24-15-6-4-9-20-12-15/h3-7,9,12,16H,8,10-11,13H2,1-2H3/t16-/m0/s1. The molecular weight excluding hydrogens is 352 g/mol. The lowest BCUT2D eigenvalue weighted by molar-refractivity contribution is 0.134. The van der Waals surface area contributed by atoms with Crippen LogP contribution in [0.25, 0.3) is 0 Å². The fraction of sp³-hybridized carbons (Fsp3) is 0.421. The van der Waals surface area contributed by atoms with Crippen molar-refractivity contribution in [2.24, 2.45) is 0 Å². The van der Waals surface area contributed by atoms with E-state index in [-0.39, 0.29) is 16.6 Å². The molecule has 1 aromatic heterocycles. The molecule has 1 fully saturated rings. The summed E-state index contributed by atoms with van der Waals surface area (Å²) >= 11 is 0. The van der Waals surface area contributed by atoms with Crippen LogP contribution in [-0.4, -0.2) is 42.5 Å². The van der Waals surface area contributed by atoms with Gasteiger partial charge in [0.25, 0.3) is 0 Å². The highest BCUT2D eigenvalue weighted by atomic mass is 32.2. The van der Waals surface area contributed by atoms with Crippen molar-refractivity contribution in [2.75, 3.05) is 13.1 Å². The van der Waals surface area contributed by atoms with Gasteiger partial charge in [0.2, 0.25) is 10.0 Å². The van der Waals surface area contributed by atoms with E-state index in [1.807, 2.05) is 26.0 Å². The van der Waals surface area contributed by atoms with Crippen LogP contribution >= 0.6 is 0 Å². The van der Waals surface area contributed by atoms with Crippen molar-refractivity contribution in [3.8, 4) is 11.5 Å². The first kappa shape index (κ1) is 17.3. The van der Waals surface area contributed by atoms with Gasteiger partial charge in [-0.1, -0.05) is 12.1 Å². The van der Waals surface area contributed by atoms with Gasteiger partial charge in [0.05, 0.1) is 12.7 Å². The van der Waals surface area contributed by atoms with Crippen molar-refractivity contribution >= 4 is 10.0 Å². The lowest BCUT2D eigenvalue weighted by Crippen LogP contribution is -2.31. The number of aromatic nitrogens is 1. The molecule has 0 amide bonds. The lowest BCUT2D eigenvalue weighted by atomic mass is 10.0. The van der Waals surface area contributed by atoms with Gasteiger partial charge in [-0.2, -0.15) is 4.31 Å². The molecule has 0 unspecified atom stereocenters. The van der Waals surface area contributed by atoms with Crippen LogP contribution in [0.5, 0.6) is 11.5 Å². The molecule has 0 spiro atoms. The normalized spacial score (nSPS) is 22.0. The van der Waals surface area contributed by atoms with Gasteiger partial charge in [0, 0.05) is 19.2 Å². The van der Waals surface area contributed by atoms with Crippen LogP contribution in [0, 0.1) is 0 Å². The second-order valence-electron chi connectivity index (χ2n) is 7.36. The number of nitrogens with zero attached hydrogens (tertiary/aromatic N) is 2. The van der Waals surface area contributed by atoms with Crippen LogP contribution < -0.4 is 9.47 Å². The Hall–Kier alpha value is -2.12. The van der Waals surface area contributed by atoms with Crippen LogP contribution in [0.1, 0.15) is 25.8 Å². The summed E-state index contributed by atoms with van der Waals surface area (Å²) in [5.74, 6) is 1.15. The van der Waals surface area contributed by atoms with Gasteiger partial charge in [-0.15, -0.1) is 0 Å². The SMILES string of the molecule is CC1(C)Cc2cccc(S(=O)(=O)N3CC[C@H](Oc4cccnc4)C3)c2O1. The summed E-state index contributed by atoms with van der Waals surface area (Å²) in [4.78, 5) is 4.27. The fourth-order valence-electron chi connectivity index (χ4n) is 3.55. The third-order valence-corrected chi connectivity index (χ3v) is 6.61. The molecule has 1 aromatic carbocycles. The molecule has 1 saturated heterocycles. The quantitative estimate of drug-likeness (QED) is 0.823. The van der Waals surface area contributed by atoms with Crippen molar-refractivity contribution in [3.63, 3.8) is 0 Å². The van der Waals surface area contributed by atoms with Crippen molar-refractivity contribution < 1.29 is 17.9 Å². The molecule has 1 atom stereocenters. The number of hydrogen-bond acceptors (Lipinski definition) is 5. The predicted octanol–water partition coefficient (Wildman–Crippen LogP) is 2.64. The second kappa shape index (κ2) is 6.25. The smallest absolute Gasteiger partial charge is 0.246 e. The van der Waals surface area contributed by atoms with Crippen molar-refractivity contribution in [1.29, 1.82) is 0 Å².